The first kappa shape index (κ1) is 15.0. The molecule has 0 heteroatoms. The Hall–Kier alpha value is -2.34. The molecule has 0 nitrogen and oxygen atoms in total. The number of hydrogen-bond donors (Lipinski definition) is 0. The van der Waals surface area contributed by atoms with E-state index >= 15 is 0 Å². The maximum atomic E-state index is 2.41. The van der Waals surface area contributed by atoms with E-state index < -0.39 is 0 Å². The highest BCUT2D eigenvalue weighted by atomic mass is 14.5. The van der Waals surface area contributed by atoms with Crippen LogP contribution in [0.1, 0.15) is 55.5 Å². The van der Waals surface area contributed by atoms with E-state index in [0.29, 0.717) is 0 Å². The molecule has 0 spiro atoms. The smallest absolute Gasteiger partial charge is 0.0164 e. The second-order valence-electron chi connectivity index (χ2n) is 8.70. The van der Waals surface area contributed by atoms with E-state index in [9.17, 15) is 0 Å². The van der Waals surface area contributed by atoms with Crippen LogP contribution >= 0.6 is 0 Å². The number of fused-ring (bicyclic) bond motifs is 7. The van der Waals surface area contributed by atoms with E-state index in [2.05, 4.69) is 89.2 Å². The lowest BCUT2D eigenvalue weighted by atomic mass is 9.72. The summed E-state index contributed by atoms with van der Waals surface area (Å²) >= 11 is 0. The van der Waals surface area contributed by atoms with Gasteiger partial charge in [0, 0.05) is 10.8 Å². The van der Waals surface area contributed by atoms with Gasteiger partial charge >= 0.3 is 0 Å². The lowest BCUT2D eigenvalue weighted by Crippen LogP contribution is -2.24. The largest absolute Gasteiger partial charge is 0.0619 e. The SMILES string of the molecule is Cc1cccc2c1C(C)(C)c1c-2ccc2c1C(C)(C)c1ccccc1-2. The molecule has 3 aromatic carbocycles. The number of hydrogen-bond acceptors (Lipinski definition) is 0. The van der Waals surface area contributed by atoms with Gasteiger partial charge in [-0.15, -0.1) is 0 Å². The molecule has 3 aromatic rings. The summed E-state index contributed by atoms with van der Waals surface area (Å²) in [6.07, 6.45) is 0. The molecular formula is C25H24. The Labute approximate surface area is 150 Å². The molecule has 0 saturated heterocycles. The average Bonchev–Trinajstić information content (AvgIpc) is 2.96. The zero-order chi connectivity index (χ0) is 17.6. The Balaban J connectivity index is 1.93. The lowest BCUT2D eigenvalue weighted by Gasteiger charge is -2.31. The standard InChI is InChI=1S/C25H24/c1-15-9-8-11-17-19-14-13-18-16-10-6-7-12-20(16)24(2,3)22(18)23(19)25(4,5)21(15)17/h6-14H,1-5H3. The third-order valence-electron chi connectivity index (χ3n) is 6.53. The molecule has 0 aliphatic heterocycles. The van der Waals surface area contributed by atoms with E-state index in [4.69, 9.17) is 0 Å². The van der Waals surface area contributed by atoms with Crippen molar-refractivity contribution < 1.29 is 0 Å². The molecule has 0 radical (unpaired) electrons. The Morgan fingerprint density at radius 3 is 1.84 bits per heavy atom. The summed E-state index contributed by atoms with van der Waals surface area (Å²) in [6.45, 7) is 11.9. The summed E-state index contributed by atoms with van der Waals surface area (Å²) in [5.74, 6) is 0. The van der Waals surface area contributed by atoms with Gasteiger partial charge in [0.05, 0.1) is 0 Å². The zero-order valence-electron chi connectivity index (χ0n) is 15.7. The summed E-state index contributed by atoms with van der Waals surface area (Å²) in [5.41, 5.74) is 13.2. The highest BCUT2D eigenvalue weighted by Gasteiger charge is 2.45. The van der Waals surface area contributed by atoms with Crippen LogP contribution in [0.2, 0.25) is 0 Å². The number of rotatable bonds is 0. The summed E-state index contributed by atoms with van der Waals surface area (Å²) in [7, 11) is 0. The van der Waals surface area contributed by atoms with Gasteiger partial charge in [0.1, 0.15) is 0 Å². The lowest BCUT2D eigenvalue weighted by molar-refractivity contribution is 0.599. The first-order valence-corrected chi connectivity index (χ1v) is 9.23. The maximum absolute atomic E-state index is 2.41. The predicted octanol–water partition coefficient (Wildman–Crippen LogP) is 6.61. The molecular weight excluding hydrogens is 300 g/mol. The predicted molar refractivity (Wildman–Crippen MR) is 106 cm³/mol. The quantitative estimate of drug-likeness (QED) is 0.436. The van der Waals surface area contributed by atoms with Crippen LogP contribution < -0.4 is 0 Å². The minimum atomic E-state index is 0.0423. The highest BCUT2D eigenvalue weighted by molar-refractivity contribution is 5.91. The molecule has 124 valence electrons. The van der Waals surface area contributed by atoms with Gasteiger partial charge in [-0.25, -0.2) is 0 Å². The van der Waals surface area contributed by atoms with Crippen LogP contribution in [0.15, 0.2) is 54.6 Å². The molecule has 0 N–H and O–H groups in total. The molecule has 5 rings (SSSR count). The first-order valence-electron chi connectivity index (χ1n) is 9.23. The Morgan fingerprint density at radius 2 is 1.08 bits per heavy atom. The van der Waals surface area contributed by atoms with Gasteiger partial charge in [-0.05, 0) is 57.0 Å². The third kappa shape index (κ3) is 1.63. The van der Waals surface area contributed by atoms with Crippen LogP contribution in [0.3, 0.4) is 0 Å². The van der Waals surface area contributed by atoms with Crippen LogP contribution in [-0.2, 0) is 10.8 Å². The molecule has 0 aromatic heterocycles. The Bertz CT molecular complexity index is 1050. The fourth-order valence-corrected chi connectivity index (χ4v) is 5.59. The van der Waals surface area contributed by atoms with Gasteiger partial charge in [-0.1, -0.05) is 82.3 Å². The second kappa shape index (κ2) is 4.43. The third-order valence-corrected chi connectivity index (χ3v) is 6.53. The van der Waals surface area contributed by atoms with Crippen molar-refractivity contribution >= 4 is 0 Å². The van der Waals surface area contributed by atoms with E-state index in [1.807, 2.05) is 0 Å². The fourth-order valence-electron chi connectivity index (χ4n) is 5.59. The van der Waals surface area contributed by atoms with E-state index in [-0.39, 0.29) is 10.8 Å². The van der Waals surface area contributed by atoms with Crippen LogP contribution in [0, 0.1) is 6.92 Å². The fraction of sp³-hybridized carbons (Fsp3) is 0.280. The molecule has 0 unspecified atom stereocenters. The van der Waals surface area contributed by atoms with Crippen molar-refractivity contribution in [2.24, 2.45) is 0 Å². The topological polar surface area (TPSA) is 0 Å². The molecule has 2 aliphatic carbocycles. The Kier molecular flexibility index (Phi) is 2.65. The normalized spacial score (nSPS) is 17.6. The molecule has 0 fully saturated rings. The van der Waals surface area contributed by atoms with Crippen molar-refractivity contribution in [1.82, 2.24) is 0 Å². The molecule has 2 aliphatic rings. The zero-order valence-corrected chi connectivity index (χ0v) is 15.7. The maximum Gasteiger partial charge on any atom is 0.0164 e. The Morgan fingerprint density at radius 1 is 0.520 bits per heavy atom. The molecule has 0 heterocycles. The van der Waals surface area contributed by atoms with Gasteiger partial charge in [0.25, 0.3) is 0 Å². The van der Waals surface area contributed by atoms with E-state index in [1.165, 1.54) is 50.1 Å². The average molecular weight is 324 g/mol. The van der Waals surface area contributed by atoms with Gasteiger partial charge in [-0.3, -0.25) is 0 Å². The summed E-state index contributed by atoms with van der Waals surface area (Å²) in [6, 6.07) is 20.4. The minimum absolute atomic E-state index is 0.0423. The minimum Gasteiger partial charge on any atom is -0.0619 e. The first-order chi connectivity index (χ1) is 11.8. The monoisotopic (exact) mass is 324 g/mol. The van der Waals surface area contributed by atoms with Crippen molar-refractivity contribution in [2.45, 2.75) is 45.4 Å². The van der Waals surface area contributed by atoms with E-state index in [0.717, 1.165) is 0 Å². The van der Waals surface area contributed by atoms with Crippen molar-refractivity contribution in [3.8, 4) is 22.3 Å². The molecule has 25 heavy (non-hydrogen) atoms. The van der Waals surface area contributed by atoms with Crippen LogP contribution in [0.25, 0.3) is 22.3 Å². The number of benzene rings is 3. The van der Waals surface area contributed by atoms with Gasteiger partial charge in [-0.2, -0.15) is 0 Å². The van der Waals surface area contributed by atoms with Gasteiger partial charge < -0.3 is 0 Å². The summed E-state index contributed by atoms with van der Waals surface area (Å²) in [5, 5.41) is 0. The summed E-state index contributed by atoms with van der Waals surface area (Å²) < 4.78 is 0. The molecule has 0 bridgehead atoms. The second-order valence-corrected chi connectivity index (χ2v) is 8.70. The van der Waals surface area contributed by atoms with Crippen molar-refractivity contribution in [3.05, 3.63) is 82.4 Å². The van der Waals surface area contributed by atoms with Gasteiger partial charge in [0.15, 0.2) is 0 Å². The molecule has 0 amide bonds. The van der Waals surface area contributed by atoms with Crippen molar-refractivity contribution in [2.75, 3.05) is 0 Å². The number of aryl methyl sites for hydroxylation is 1. The highest BCUT2D eigenvalue weighted by Crippen LogP contribution is 2.59. The van der Waals surface area contributed by atoms with Crippen molar-refractivity contribution in [3.63, 3.8) is 0 Å². The van der Waals surface area contributed by atoms with Crippen LogP contribution in [0.4, 0.5) is 0 Å². The molecule has 0 saturated carbocycles. The van der Waals surface area contributed by atoms with Crippen molar-refractivity contribution in [1.29, 1.82) is 0 Å². The van der Waals surface area contributed by atoms with E-state index in [1.54, 1.807) is 0 Å². The van der Waals surface area contributed by atoms with Crippen LogP contribution in [-0.4, -0.2) is 0 Å². The van der Waals surface area contributed by atoms with Gasteiger partial charge in [0.2, 0.25) is 0 Å². The summed E-state index contributed by atoms with van der Waals surface area (Å²) in [4.78, 5) is 0. The van der Waals surface area contributed by atoms with Crippen LogP contribution in [0.5, 0.6) is 0 Å². The molecule has 0 atom stereocenters.